The topological polar surface area (TPSA) is 29.0 Å². The molecular weight excluding hydrogens is 181 g/mol. The Balaban J connectivity index is 2.68. The molecular formula is C10H16FN3. The zero-order chi connectivity index (χ0) is 10.4. The Kier molecular flexibility index (Phi) is 4.29. The zero-order valence-corrected chi connectivity index (χ0v) is 8.70. The van der Waals surface area contributed by atoms with E-state index >= 15 is 0 Å². The molecule has 78 valence electrons. The Morgan fingerprint density at radius 1 is 1.36 bits per heavy atom. The van der Waals surface area contributed by atoms with Crippen LogP contribution < -0.4 is 4.90 Å². The third kappa shape index (κ3) is 2.94. The van der Waals surface area contributed by atoms with Crippen molar-refractivity contribution < 1.29 is 4.39 Å². The molecule has 0 aliphatic carbocycles. The molecule has 0 amide bonds. The normalized spacial score (nSPS) is 10.2. The first kappa shape index (κ1) is 10.9. The van der Waals surface area contributed by atoms with Crippen LogP contribution in [0, 0.1) is 5.95 Å². The van der Waals surface area contributed by atoms with Crippen LogP contribution in [0.4, 0.5) is 10.2 Å². The summed E-state index contributed by atoms with van der Waals surface area (Å²) in [5.74, 6) is 0.207. The van der Waals surface area contributed by atoms with Gasteiger partial charge in [0.1, 0.15) is 12.1 Å². The van der Waals surface area contributed by atoms with Crippen molar-refractivity contribution in [2.75, 3.05) is 18.0 Å². The molecule has 0 aliphatic rings. The first-order valence-electron chi connectivity index (χ1n) is 5.00. The molecule has 0 aromatic carbocycles. The van der Waals surface area contributed by atoms with Gasteiger partial charge in [-0.25, -0.2) is 9.97 Å². The van der Waals surface area contributed by atoms with E-state index in [4.69, 9.17) is 0 Å². The first-order valence-corrected chi connectivity index (χ1v) is 5.00. The summed E-state index contributed by atoms with van der Waals surface area (Å²) in [6.07, 6.45) is 3.49. The molecule has 0 spiro atoms. The minimum atomic E-state index is -0.468. The monoisotopic (exact) mass is 197 g/mol. The lowest BCUT2D eigenvalue weighted by atomic mass is 10.3. The van der Waals surface area contributed by atoms with E-state index in [-0.39, 0.29) is 0 Å². The maximum atomic E-state index is 12.8. The summed E-state index contributed by atoms with van der Waals surface area (Å²) in [7, 11) is 0. The summed E-state index contributed by atoms with van der Waals surface area (Å²) in [6.45, 7) is 5.93. The van der Waals surface area contributed by atoms with E-state index < -0.39 is 5.95 Å². The average molecular weight is 197 g/mol. The Bertz CT molecular complexity index is 278. The quantitative estimate of drug-likeness (QED) is 0.678. The van der Waals surface area contributed by atoms with Crippen LogP contribution in [0.3, 0.4) is 0 Å². The van der Waals surface area contributed by atoms with Crippen molar-refractivity contribution in [1.82, 2.24) is 9.97 Å². The van der Waals surface area contributed by atoms with Crippen LogP contribution in [0.15, 0.2) is 12.4 Å². The number of anilines is 1. The molecule has 0 saturated carbocycles. The SMILES string of the molecule is CCCCN(CC)c1cc(F)ncn1. The molecule has 0 radical (unpaired) electrons. The minimum Gasteiger partial charge on any atom is -0.357 e. The second kappa shape index (κ2) is 5.52. The van der Waals surface area contributed by atoms with E-state index in [0.29, 0.717) is 5.82 Å². The summed E-state index contributed by atoms with van der Waals surface area (Å²) < 4.78 is 12.8. The number of unbranched alkanes of at least 4 members (excludes halogenated alkanes) is 1. The summed E-state index contributed by atoms with van der Waals surface area (Å²) in [6, 6.07) is 1.37. The van der Waals surface area contributed by atoms with E-state index in [1.807, 2.05) is 11.8 Å². The molecule has 0 bridgehead atoms. The molecule has 0 fully saturated rings. The van der Waals surface area contributed by atoms with Crippen LogP contribution in [-0.2, 0) is 0 Å². The van der Waals surface area contributed by atoms with Crippen molar-refractivity contribution in [3.8, 4) is 0 Å². The smallest absolute Gasteiger partial charge is 0.218 e. The van der Waals surface area contributed by atoms with Crippen LogP contribution in [0.2, 0.25) is 0 Å². The number of halogens is 1. The largest absolute Gasteiger partial charge is 0.357 e. The van der Waals surface area contributed by atoms with Gasteiger partial charge in [0.2, 0.25) is 5.95 Å². The molecule has 1 aromatic rings. The van der Waals surface area contributed by atoms with Crippen molar-refractivity contribution in [2.45, 2.75) is 26.7 Å². The van der Waals surface area contributed by atoms with Gasteiger partial charge in [-0.2, -0.15) is 4.39 Å². The Labute approximate surface area is 84.0 Å². The van der Waals surface area contributed by atoms with Crippen molar-refractivity contribution in [1.29, 1.82) is 0 Å². The molecule has 3 nitrogen and oxygen atoms in total. The fourth-order valence-corrected chi connectivity index (χ4v) is 1.28. The number of rotatable bonds is 5. The summed E-state index contributed by atoms with van der Waals surface area (Å²) in [5, 5.41) is 0. The highest BCUT2D eigenvalue weighted by atomic mass is 19.1. The number of nitrogens with zero attached hydrogens (tertiary/aromatic N) is 3. The molecule has 0 aliphatic heterocycles. The highest BCUT2D eigenvalue weighted by Gasteiger charge is 2.05. The van der Waals surface area contributed by atoms with E-state index in [2.05, 4.69) is 16.9 Å². The van der Waals surface area contributed by atoms with Crippen molar-refractivity contribution >= 4 is 5.82 Å². The molecule has 1 rings (SSSR count). The predicted molar refractivity (Wildman–Crippen MR) is 54.8 cm³/mol. The van der Waals surface area contributed by atoms with Crippen LogP contribution in [-0.4, -0.2) is 23.1 Å². The summed E-state index contributed by atoms with van der Waals surface area (Å²) in [5.41, 5.74) is 0. The van der Waals surface area contributed by atoms with E-state index in [0.717, 1.165) is 25.9 Å². The second-order valence-electron chi connectivity index (χ2n) is 3.13. The molecule has 14 heavy (non-hydrogen) atoms. The lowest BCUT2D eigenvalue weighted by molar-refractivity contribution is 0.577. The Morgan fingerprint density at radius 2 is 2.14 bits per heavy atom. The minimum absolute atomic E-state index is 0.468. The fourth-order valence-electron chi connectivity index (χ4n) is 1.28. The lowest BCUT2D eigenvalue weighted by Gasteiger charge is -2.21. The van der Waals surface area contributed by atoms with Crippen molar-refractivity contribution in [3.05, 3.63) is 18.3 Å². The molecule has 4 heteroatoms. The molecule has 0 N–H and O–H groups in total. The van der Waals surface area contributed by atoms with Gasteiger partial charge < -0.3 is 4.90 Å². The van der Waals surface area contributed by atoms with E-state index in [1.54, 1.807) is 0 Å². The lowest BCUT2D eigenvalue weighted by Crippen LogP contribution is -2.25. The maximum Gasteiger partial charge on any atom is 0.218 e. The van der Waals surface area contributed by atoms with Gasteiger partial charge in [0, 0.05) is 19.2 Å². The maximum absolute atomic E-state index is 12.8. The summed E-state index contributed by atoms with van der Waals surface area (Å²) >= 11 is 0. The third-order valence-electron chi connectivity index (χ3n) is 2.11. The second-order valence-corrected chi connectivity index (χ2v) is 3.13. The van der Waals surface area contributed by atoms with E-state index in [1.165, 1.54) is 12.4 Å². The molecule has 1 aromatic heterocycles. The highest BCUT2D eigenvalue weighted by molar-refractivity contribution is 5.36. The van der Waals surface area contributed by atoms with E-state index in [9.17, 15) is 4.39 Å². The van der Waals surface area contributed by atoms with Gasteiger partial charge >= 0.3 is 0 Å². The fraction of sp³-hybridized carbons (Fsp3) is 0.600. The molecule has 0 atom stereocenters. The Morgan fingerprint density at radius 3 is 2.71 bits per heavy atom. The van der Waals surface area contributed by atoms with Gasteiger partial charge in [0.25, 0.3) is 0 Å². The number of hydrogen-bond acceptors (Lipinski definition) is 3. The first-order chi connectivity index (χ1) is 6.77. The van der Waals surface area contributed by atoms with Gasteiger partial charge in [-0.05, 0) is 13.3 Å². The van der Waals surface area contributed by atoms with Crippen LogP contribution in [0.1, 0.15) is 26.7 Å². The van der Waals surface area contributed by atoms with Crippen molar-refractivity contribution in [3.63, 3.8) is 0 Å². The average Bonchev–Trinajstić information content (AvgIpc) is 2.19. The number of aromatic nitrogens is 2. The standard InChI is InChI=1S/C10H16FN3/c1-3-5-6-14(4-2)10-7-9(11)12-8-13-10/h7-8H,3-6H2,1-2H3. The van der Waals surface area contributed by atoms with Crippen LogP contribution >= 0.6 is 0 Å². The van der Waals surface area contributed by atoms with Crippen LogP contribution in [0.25, 0.3) is 0 Å². The van der Waals surface area contributed by atoms with Gasteiger partial charge in [-0.15, -0.1) is 0 Å². The molecule has 0 unspecified atom stereocenters. The number of hydrogen-bond donors (Lipinski definition) is 0. The van der Waals surface area contributed by atoms with Crippen LogP contribution in [0.5, 0.6) is 0 Å². The van der Waals surface area contributed by atoms with Gasteiger partial charge in [-0.1, -0.05) is 13.3 Å². The molecule has 1 heterocycles. The Hall–Kier alpha value is -1.19. The van der Waals surface area contributed by atoms with Gasteiger partial charge in [0.15, 0.2) is 0 Å². The van der Waals surface area contributed by atoms with Crippen molar-refractivity contribution in [2.24, 2.45) is 0 Å². The van der Waals surface area contributed by atoms with Gasteiger partial charge in [0.05, 0.1) is 0 Å². The third-order valence-corrected chi connectivity index (χ3v) is 2.11. The van der Waals surface area contributed by atoms with Gasteiger partial charge in [-0.3, -0.25) is 0 Å². The summed E-state index contributed by atoms with van der Waals surface area (Å²) in [4.78, 5) is 9.52. The zero-order valence-electron chi connectivity index (χ0n) is 8.70. The highest BCUT2D eigenvalue weighted by Crippen LogP contribution is 2.10. The predicted octanol–water partition coefficient (Wildman–Crippen LogP) is 2.24. The molecule has 0 saturated heterocycles.